The highest BCUT2D eigenvalue weighted by Gasteiger charge is 2.31. The van der Waals surface area contributed by atoms with E-state index in [9.17, 15) is 22.4 Å². The molecule has 0 aliphatic carbocycles. The number of hydrogen-bond acceptors (Lipinski definition) is 2. The van der Waals surface area contributed by atoms with Gasteiger partial charge < -0.3 is 10.6 Å². The summed E-state index contributed by atoms with van der Waals surface area (Å²) in [6, 6.07) is 7.77. The van der Waals surface area contributed by atoms with Crippen LogP contribution in [-0.2, 0) is 6.18 Å². The molecule has 0 spiro atoms. The lowest BCUT2D eigenvalue weighted by atomic mass is 10.1. The second-order valence-corrected chi connectivity index (χ2v) is 4.75. The standard InChI is InChI=1S/C16H14F4N2O/c1-2-21-13-8-5-11(16(18,19)20)9-14(13)22-15(23)10-3-6-12(17)7-4-10/h3-9,21H,2H2,1H3,(H,22,23). The van der Waals surface area contributed by atoms with E-state index in [4.69, 9.17) is 0 Å². The van der Waals surface area contributed by atoms with Crippen molar-refractivity contribution in [3.8, 4) is 0 Å². The molecule has 122 valence electrons. The van der Waals surface area contributed by atoms with Gasteiger partial charge in [0, 0.05) is 12.1 Å². The zero-order chi connectivity index (χ0) is 17.0. The molecule has 2 rings (SSSR count). The molecule has 2 aromatic rings. The van der Waals surface area contributed by atoms with Gasteiger partial charge in [-0.2, -0.15) is 13.2 Å². The summed E-state index contributed by atoms with van der Waals surface area (Å²) in [5.41, 5.74) is -0.341. The van der Waals surface area contributed by atoms with E-state index in [0.717, 1.165) is 24.3 Å². The van der Waals surface area contributed by atoms with E-state index in [1.165, 1.54) is 18.2 Å². The van der Waals surface area contributed by atoms with Crippen LogP contribution in [0.2, 0.25) is 0 Å². The van der Waals surface area contributed by atoms with Gasteiger partial charge in [0.15, 0.2) is 0 Å². The molecule has 0 fully saturated rings. The first-order valence-electron chi connectivity index (χ1n) is 6.83. The monoisotopic (exact) mass is 326 g/mol. The molecule has 0 aliphatic rings. The fraction of sp³-hybridized carbons (Fsp3) is 0.188. The van der Waals surface area contributed by atoms with Gasteiger partial charge in [0.05, 0.1) is 16.9 Å². The fourth-order valence-electron chi connectivity index (χ4n) is 1.96. The van der Waals surface area contributed by atoms with Crippen LogP contribution in [0.5, 0.6) is 0 Å². The van der Waals surface area contributed by atoms with Crippen molar-refractivity contribution in [1.82, 2.24) is 0 Å². The van der Waals surface area contributed by atoms with Crippen molar-refractivity contribution in [1.29, 1.82) is 0 Å². The molecule has 3 nitrogen and oxygen atoms in total. The number of carbonyl (C=O) groups excluding carboxylic acids is 1. The summed E-state index contributed by atoms with van der Waals surface area (Å²) < 4.78 is 51.3. The van der Waals surface area contributed by atoms with Crippen LogP contribution in [0.25, 0.3) is 0 Å². The van der Waals surface area contributed by atoms with Gasteiger partial charge in [0.1, 0.15) is 5.82 Å². The predicted molar refractivity (Wildman–Crippen MR) is 80.0 cm³/mol. The van der Waals surface area contributed by atoms with Gasteiger partial charge >= 0.3 is 6.18 Å². The van der Waals surface area contributed by atoms with Crippen molar-refractivity contribution >= 4 is 17.3 Å². The minimum atomic E-state index is -4.51. The lowest BCUT2D eigenvalue weighted by Crippen LogP contribution is -2.15. The number of rotatable bonds is 4. The third kappa shape index (κ3) is 4.21. The Labute approximate surface area is 130 Å². The molecule has 0 saturated heterocycles. The second kappa shape index (κ2) is 6.68. The quantitative estimate of drug-likeness (QED) is 0.811. The van der Waals surface area contributed by atoms with E-state index in [1.54, 1.807) is 6.92 Å². The third-order valence-corrected chi connectivity index (χ3v) is 3.07. The van der Waals surface area contributed by atoms with Crippen molar-refractivity contribution < 1.29 is 22.4 Å². The Bertz CT molecular complexity index is 696. The van der Waals surface area contributed by atoms with Crippen molar-refractivity contribution in [3.05, 3.63) is 59.4 Å². The molecular weight excluding hydrogens is 312 g/mol. The molecular formula is C16H14F4N2O. The van der Waals surface area contributed by atoms with Crippen LogP contribution in [0, 0.1) is 5.82 Å². The normalized spacial score (nSPS) is 11.2. The van der Waals surface area contributed by atoms with Gasteiger partial charge in [0.2, 0.25) is 0 Å². The number of hydrogen-bond donors (Lipinski definition) is 2. The first kappa shape index (κ1) is 16.8. The average molecular weight is 326 g/mol. The Morgan fingerprint density at radius 1 is 1.04 bits per heavy atom. The first-order chi connectivity index (χ1) is 10.8. The van der Waals surface area contributed by atoms with E-state index in [-0.39, 0.29) is 11.3 Å². The number of anilines is 2. The van der Waals surface area contributed by atoms with Crippen molar-refractivity contribution in [3.63, 3.8) is 0 Å². The molecule has 2 aromatic carbocycles. The van der Waals surface area contributed by atoms with Crippen LogP contribution >= 0.6 is 0 Å². The fourth-order valence-corrected chi connectivity index (χ4v) is 1.96. The van der Waals surface area contributed by atoms with E-state index < -0.39 is 23.5 Å². The highest BCUT2D eigenvalue weighted by molar-refractivity contribution is 6.05. The molecule has 0 atom stereocenters. The van der Waals surface area contributed by atoms with Crippen LogP contribution in [0.1, 0.15) is 22.8 Å². The predicted octanol–water partition coefficient (Wildman–Crippen LogP) is 4.53. The first-order valence-corrected chi connectivity index (χ1v) is 6.83. The smallest absolute Gasteiger partial charge is 0.384 e. The summed E-state index contributed by atoms with van der Waals surface area (Å²) in [7, 11) is 0. The number of amides is 1. The molecule has 7 heteroatoms. The van der Waals surface area contributed by atoms with Crippen LogP contribution in [-0.4, -0.2) is 12.5 Å². The molecule has 0 radical (unpaired) electrons. The van der Waals surface area contributed by atoms with E-state index in [0.29, 0.717) is 12.2 Å². The maximum absolute atomic E-state index is 12.9. The Hall–Kier alpha value is -2.57. The van der Waals surface area contributed by atoms with Crippen LogP contribution < -0.4 is 10.6 Å². The van der Waals surface area contributed by atoms with Gasteiger partial charge in [-0.25, -0.2) is 4.39 Å². The van der Waals surface area contributed by atoms with E-state index in [1.807, 2.05) is 0 Å². The SMILES string of the molecule is CCNc1ccc(C(F)(F)F)cc1NC(=O)c1ccc(F)cc1. The van der Waals surface area contributed by atoms with Crippen molar-refractivity contribution in [2.45, 2.75) is 13.1 Å². The largest absolute Gasteiger partial charge is 0.416 e. The number of halogens is 4. The van der Waals surface area contributed by atoms with E-state index >= 15 is 0 Å². The Morgan fingerprint density at radius 3 is 2.26 bits per heavy atom. The molecule has 2 N–H and O–H groups in total. The second-order valence-electron chi connectivity index (χ2n) is 4.75. The Morgan fingerprint density at radius 2 is 1.70 bits per heavy atom. The van der Waals surface area contributed by atoms with Crippen LogP contribution in [0.15, 0.2) is 42.5 Å². The summed E-state index contributed by atoms with van der Waals surface area (Å²) in [6.07, 6.45) is -4.51. The number of benzene rings is 2. The van der Waals surface area contributed by atoms with E-state index in [2.05, 4.69) is 10.6 Å². The Kier molecular flexibility index (Phi) is 4.88. The minimum Gasteiger partial charge on any atom is -0.384 e. The number of carbonyl (C=O) groups is 1. The minimum absolute atomic E-state index is 0.0102. The summed E-state index contributed by atoms with van der Waals surface area (Å²) in [5, 5.41) is 5.30. The zero-order valence-electron chi connectivity index (χ0n) is 12.2. The lowest BCUT2D eigenvalue weighted by molar-refractivity contribution is -0.137. The Balaban J connectivity index is 2.32. The molecule has 0 unspecified atom stereocenters. The number of nitrogens with one attached hydrogen (secondary N) is 2. The van der Waals surface area contributed by atoms with Crippen molar-refractivity contribution in [2.24, 2.45) is 0 Å². The van der Waals surface area contributed by atoms with Gasteiger partial charge in [-0.1, -0.05) is 0 Å². The summed E-state index contributed by atoms with van der Waals surface area (Å²) in [4.78, 5) is 12.1. The van der Waals surface area contributed by atoms with Gasteiger partial charge in [0.25, 0.3) is 5.91 Å². The van der Waals surface area contributed by atoms with Gasteiger partial charge in [-0.15, -0.1) is 0 Å². The molecule has 23 heavy (non-hydrogen) atoms. The third-order valence-electron chi connectivity index (χ3n) is 3.07. The van der Waals surface area contributed by atoms with Gasteiger partial charge in [-0.3, -0.25) is 4.79 Å². The summed E-state index contributed by atoms with van der Waals surface area (Å²) in [6.45, 7) is 2.26. The van der Waals surface area contributed by atoms with Gasteiger partial charge in [-0.05, 0) is 49.4 Å². The van der Waals surface area contributed by atoms with Crippen LogP contribution in [0.3, 0.4) is 0 Å². The van der Waals surface area contributed by atoms with Crippen LogP contribution in [0.4, 0.5) is 28.9 Å². The highest BCUT2D eigenvalue weighted by Crippen LogP contribution is 2.34. The molecule has 1 amide bonds. The summed E-state index contributed by atoms with van der Waals surface area (Å²) in [5.74, 6) is -1.13. The molecule has 0 aliphatic heterocycles. The maximum atomic E-state index is 12.9. The molecule has 0 heterocycles. The topological polar surface area (TPSA) is 41.1 Å². The lowest BCUT2D eigenvalue weighted by Gasteiger charge is -2.15. The molecule has 0 bridgehead atoms. The number of alkyl halides is 3. The van der Waals surface area contributed by atoms with Crippen molar-refractivity contribution in [2.75, 3.05) is 17.2 Å². The highest BCUT2D eigenvalue weighted by atomic mass is 19.4. The zero-order valence-corrected chi connectivity index (χ0v) is 12.2. The average Bonchev–Trinajstić information content (AvgIpc) is 2.48. The molecule has 0 aromatic heterocycles. The summed E-state index contributed by atoms with van der Waals surface area (Å²) >= 11 is 0. The maximum Gasteiger partial charge on any atom is 0.416 e. The molecule has 0 saturated carbocycles.